The summed E-state index contributed by atoms with van der Waals surface area (Å²) in [6.45, 7) is 25.3. The molecule has 0 heterocycles. The zero-order valence-electron chi connectivity index (χ0n) is 20.1. The molecule has 174 valence electrons. The first-order chi connectivity index (χ1) is 13.4. The van der Waals surface area contributed by atoms with Crippen LogP contribution < -0.4 is 0 Å². The molecule has 0 radical (unpaired) electrons. The molecule has 0 rings (SSSR count). The van der Waals surface area contributed by atoms with E-state index in [0.29, 0.717) is 12.1 Å². The molecule has 6 nitrogen and oxygen atoms in total. The Morgan fingerprint density at radius 2 is 0.897 bits per heavy atom. The van der Waals surface area contributed by atoms with Gasteiger partial charge in [0.05, 0.1) is 0 Å². The normalized spacial score (nSPS) is 11.7. The molecule has 2 unspecified atom stereocenters. The van der Waals surface area contributed by atoms with Crippen molar-refractivity contribution in [1.29, 1.82) is 0 Å². The third kappa shape index (κ3) is 38.9. The first kappa shape index (κ1) is 39.3. The minimum atomic E-state index is 0. The molecule has 7 heteroatoms. The Bertz CT molecular complexity index is 247. The quantitative estimate of drug-likeness (QED) is 0.149. The predicted molar refractivity (Wildman–Crippen MR) is 125 cm³/mol. The molecule has 0 aromatic rings. The van der Waals surface area contributed by atoms with Gasteiger partial charge < -0.3 is 30.9 Å². The van der Waals surface area contributed by atoms with E-state index in [-0.39, 0.29) is 31.8 Å². The van der Waals surface area contributed by atoms with E-state index < -0.39 is 0 Å². The average Bonchev–Trinajstić information content (AvgIpc) is 2.67. The van der Waals surface area contributed by atoms with Gasteiger partial charge in [-0.15, -0.1) is 12.1 Å². The van der Waals surface area contributed by atoms with Crippen molar-refractivity contribution < 1.29 is 29.1 Å². The number of carbonyl (C=O) groups excluding carboxylic acids is 2. The van der Waals surface area contributed by atoms with E-state index >= 15 is 0 Å². The van der Waals surface area contributed by atoms with Gasteiger partial charge >= 0.3 is 19.5 Å². The predicted octanol–water partition coefficient (Wildman–Crippen LogP) is 6.81. The molecule has 0 aliphatic rings. The van der Waals surface area contributed by atoms with Crippen molar-refractivity contribution in [1.82, 2.24) is 0 Å². The fourth-order valence-electron chi connectivity index (χ4n) is 2.31. The van der Waals surface area contributed by atoms with Gasteiger partial charge in [-0.3, -0.25) is 13.6 Å². The minimum absolute atomic E-state index is 0. The van der Waals surface area contributed by atoms with E-state index in [1.165, 1.54) is 25.7 Å². The van der Waals surface area contributed by atoms with Gasteiger partial charge in [0.15, 0.2) is 0 Å². The summed E-state index contributed by atoms with van der Waals surface area (Å²) in [6, 6.07) is 0.837. The summed E-state index contributed by atoms with van der Waals surface area (Å²) in [4.78, 5) is 15.5. The standard InChI is InChI=1S/2C10H22N2.2CHO.Ru/c2*1-5-7-8-10(11-6-2)12-9(3)4;2*1-2;/h2*9-10H,5-8H2,1-4H3;2*1H;/q2*-2;2*-1;+6. The van der Waals surface area contributed by atoms with Crippen molar-refractivity contribution in [2.75, 3.05) is 13.1 Å². The monoisotopic (exact) mass is 500 g/mol. The maximum atomic E-state index is 7.75. The van der Waals surface area contributed by atoms with E-state index in [9.17, 15) is 0 Å². The topological polar surface area (TPSA) is 90.5 Å². The van der Waals surface area contributed by atoms with Crippen molar-refractivity contribution in [3.05, 3.63) is 21.3 Å². The van der Waals surface area contributed by atoms with Crippen LogP contribution >= 0.6 is 0 Å². The first-order valence-corrected chi connectivity index (χ1v) is 10.6. The van der Waals surface area contributed by atoms with Crippen molar-refractivity contribution in [3.8, 4) is 0 Å². The second-order valence-electron chi connectivity index (χ2n) is 6.73. The Balaban J connectivity index is -0.000000109. The van der Waals surface area contributed by atoms with E-state index in [4.69, 9.17) is 9.59 Å². The van der Waals surface area contributed by atoms with Crippen LogP contribution in [-0.4, -0.2) is 51.1 Å². The third-order valence-electron chi connectivity index (χ3n) is 3.36. The van der Waals surface area contributed by atoms with Crippen molar-refractivity contribution in [3.63, 3.8) is 0 Å². The maximum Gasteiger partial charge on any atom is 6.00 e. The molecule has 0 N–H and O–H groups in total. The summed E-state index contributed by atoms with van der Waals surface area (Å²) in [5.74, 6) is 0. The van der Waals surface area contributed by atoms with Gasteiger partial charge in [0.2, 0.25) is 0 Å². The number of unbranched alkanes of at least 4 members (excludes halogenated alkanes) is 2. The van der Waals surface area contributed by atoms with Gasteiger partial charge in [0.1, 0.15) is 0 Å². The van der Waals surface area contributed by atoms with E-state index in [0.717, 1.165) is 25.9 Å². The van der Waals surface area contributed by atoms with E-state index in [1.807, 2.05) is 0 Å². The van der Waals surface area contributed by atoms with Crippen LogP contribution in [0, 0.1) is 0 Å². The van der Waals surface area contributed by atoms with Crippen molar-refractivity contribution in [2.45, 2.75) is 118 Å². The Hall–Kier alpha value is -0.197. The third-order valence-corrected chi connectivity index (χ3v) is 3.36. The molecule has 0 saturated carbocycles. The summed E-state index contributed by atoms with van der Waals surface area (Å²) in [5.41, 5.74) is 0. The summed E-state index contributed by atoms with van der Waals surface area (Å²) in [6.07, 6.45) is 7.73. The number of nitrogens with zero attached hydrogens (tertiary/aromatic N) is 4. The average molecular weight is 500 g/mol. The summed E-state index contributed by atoms with van der Waals surface area (Å²) in [7, 11) is 0. The zero-order valence-corrected chi connectivity index (χ0v) is 21.8. The van der Waals surface area contributed by atoms with E-state index in [2.05, 4.69) is 90.2 Å². The molecule has 0 fully saturated rings. The molecular weight excluding hydrogens is 453 g/mol. The second-order valence-corrected chi connectivity index (χ2v) is 6.73. The fourth-order valence-corrected chi connectivity index (χ4v) is 2.31. The molecule has 0 bridgehead atoms. The van der Waals surface area contributed by atoms with Crippen LogP contribution in [0.4, 0.5) is 0 Å². The van der Waals surface area contributed by atoms with Gasteiger partial charge in [-0.05, 0) is 0 Å². The SMILES string of the molecule is CCCCC([N-]CC)[N-]C(C)C.CCCCC([N-]CC)[N-]C(C)C.[CH-]=O.[CH-]=O.[Ru+6]. The van der Waals surface area contributed by atoms with Crippen LogP contribution in [0.25, 0.3) is 21.3 Å². The zero-order chi connectivity index (χ0) is 22.8. The Morgan fingerprint density at radius 3 is 1.07 bits per heavy atom. The van der Waals surface area contributed by atoms with Crippen LogP contribution in [0.2, 0.25) is 0 Å². The van der Waals surface area contributed by atoms with Gasteiger partial charge in [0.25, 0.3) is 0 Å². The summed E-state index contributed by atoms with van der Waals surface area (Å²) >= 11 is 0. The number of rotatable bonds is 14. The largest absolute Gasteiger partial charge is 6.00 e. The molecule has 0 aromatic carbocycles. The Labute approximate surface area is 195 Å². The van der Waals surface area contributed by atoms with Crippen LogP contribution in [-0.2, 0) is 29.1 Å². The molecule has 0 aromatic heterocycles. The molecule has 0 amide bonds. The van der Waals surface area contributed by atoms with Crippen LogP contribution in [0.15, 0.2) is 0 Å². The number of hydrogen-bond acceptors (Lipinski definition) is 2. The second kappa shape index (κ2) is 35.3. The Kier molecular flexibility index (Phi) is 47.8. The molecule has 0 aliphatic carbocycles. The summed E-state index contributed by atoms with van der Waals surface area (Å²) < 4.78 is 0. The van der Waals surface area contributed by atoms with Crippen LogP contribution in [0.5, 0.6) is 0 Å². The van der Waals surface area contributed by atoms with Crippen molar-refractivity contribution in [2.24, 2.45) is 0 Å². The molecule has 0 aliphatic heterocycles. The molecular formula is C22H46N4O2Ru. The molecule has 0 saturated heterocycles. The fraction of sp³-hybridized carbons (Fsp3) is 0.909. The smallest absolute Gasteiger partial charge is 0.678 e. The van der Waals surface area contributed by atoms with Gasteiger partial charge in [0, 0.05) is 0 Å². The van der Waals surface area contributed by atoms with Gasteiger partial charge in [-0.2, -0.15) is 13.1 Å². The van der Waals surface area contributed by atoms with Crippen LogP contribution in [0.3, 0.4) is 0 Å². The van der Waals surface area contributed by atoms with Gasteiger partial charge in [-0.25, -0.2) is 12.3 Å². The molecule has 2 atom stereocenters. The van der Waals surface area contributed by atoms with E-state index in [1.54, 1.807) is 0 Å². The Morgan fingerprint density at radius 1 is 0.621 bits per heavy atom. The summed E-state index contributed by atoms with van der Waals surface area (Å²) in [5, 5.41) is 17.9. The maximum absolute atomic E-state index is 7.75. The van der Waals surface area contributed by atoms with Crippen LogP contribution in [0.1, 0.15) is 93.9 Å². The number of hydrogen-bond donors (Lipinski definition) is 0. The first-order valence-electron chi connectivity index (χ1n) is 10.6. The molecule has 29 heavy (non-hydrogen) atoms. The minimum Gasteiger partial charge on any atom is -0.678 e. The molecule has 0 spiro atoms. The van der Waals surface area contributed by atoms with Gasteiger partial charge in [-0.1, -0.05) is 93.9 Å². The van der Waals surface area contributed by atoms with Crippen molar-refractivity contribution >= 4 is 13.6 Å².